The number of imidazole rings is 1. The van der Waals surface area contributed by atoms with E-state index in [4.69, 9.17) is 9.84 Å². The number of ether oxygens (including phenoxy) is 1. The van der Waals surface area contributed by atoms with Crippen LogP contribution in [0.3, 0.4) is 0 Å². The van der Waals surface area contributed by atoms with Crippen molar-refractivity contribution in [3.8, 4) is 11.4 Å². The maximum Gasteiger partial charge on any atom is 0.313 e. The van der Waals surface area contributed by atoms with Crippen LogP contribution < -0.4 is 4.74 Å². The number of aromatic nitrogens is 2. The fourth-order valence-corrected chi connectivity index (χ4v) is 2.45. The maximum absolute atomic E-state index is 10.6. The number of nitrogens with zero attached hydrogens (tertiary/aromatic N) is 2. The van der Waals surface area contributed by atoms with Gasteiger partial charge in [0.25, 0.3) is 0 Å². The molecule has 0 fully saturated rings. The van der Waals surface area contributed by atoms with Crippen LogP contribution in [0.25, 0.3) is 5.69 Å². The molecule has 0 saturated heterocycles. The normalized spacial score (nSPS) is 10.4. The molecule has 0 spiro atoms. The molecule has 100 valence electrons. The van der Waals surface area contributed by atoms with E-state index < -0.39 is 5.97 Å². The zero-order valence-electron chi connectivity index (χ0n) is 10.7. The van der Waals surface area contributed by atoms with Gasteiger partial charge in [0.1, 0.15) is 5.75 Å². The van der Waals surface area contributed by atoms with Gasteiger partial charge < -0.3 is 9.84 Å². The molecule has 0 aliphatic rings. The lowest BCUT2D eigenvalue weighted by Gasteiger charge is -2.10. The molecule has 0 radical (unpaired) electrons. The number of aliphatic carboxylic acids is 1. The van der Waals surface area contributed by atoms with E-state index in [2.05, 4.69) is 4.98 Å². The second-order valence-corrected chi connectivity index (χ2v) is 4.84. The van der Waals surface area contributed by atoms with E-state index in [9.17, 15) is 4.79 Å². The lowest BCUT2D eigenvalue weighted by molar-refractivity contribution is -0.133. The van der Waals surface area contributed by atoms with Gasteiger partial charge in [-0.3, -0.25) is 9.36 Å². The zero-order chi connectivity index (χ0) is 13.8. The summed E-state index contributed by atoms with van der Waals surface area (Å²) in [4.78, 5) is 14.9. The molecule has 6 heteroatoms. The van der Waals surface area contributed by atoms with Gasteiger partial charge in [0.05, 0.1) is 12.9 Å². The van der Waals surface area contributed by atoms with Crippen molar-refractivity contribution < 1.29 is 14.6 Å². The van der Waals surface area contributed by atoms with Crippen molar-refractivity contribution in [2.24, 2.45) is 0 Å². The van der Waals surface area contributed by atoms with Gasteiger partial charge in [-0.15, -0.1) is 0 Å². The first-order valence-corrected chi connectivity index (χ1v) is 6.63. The van der Waals surface area contributed by atoms with Gasteiger partial charge in [-0.1, -0.05) is 11.8 Å². The quantitative estimate of drug-likeness (QED) is 0.851. The van der Waals surface area contributed by atoms with Crippen LogP contribution in [-0.2, 0) is 4.79 Å². The van der Waals surface area contributed by atoms with Gasteiger partial charge in [-0.25, -0.2) is 4.98 Å². The Kier molecular flexibility index (Phi) is 4.11. The van der Waals surface area contributed by atoms with Gasteiger partial charge in [-0.05, 0) is 31.2 Å². The van der Waals surface area contributed by atoms with Crippen LogP contribution >= 0.6 is 11.8 Å². The molecular weight excluding hydrogens is 264 g/mol. The second-order valence-electron chi connectivity index (χ2n) is 3.90. The van der Waals surface area contributed by atoms with Gasteiger partial charge in [-0.2, -0.15) is 0 Å². The molecule has 1 N–H and O–H groups in total. The van der Waals surface area contributed by atoms with Crippen molar-refractivity contribution in [3.05, 3.63) is 36.2 Å². The standard InChI is InChI=1S/C13H14N2O3S/c1-9-7-14-13(19-8-12(16)17)15(9)10-3-5-11(18-2)6-4-10/h3-7H,8H2,1-2H3,(H,16,17). The van der Waals surface area contributed by atoms with Crippen LogP contribution in [-0.4, -0.2) is 33.5 Å². The van der Waals surface area contributed by atoms with Crippen LogP contribution in [0.5, 0.6) is 5.75 Å². The minimum Gasteiger partial charge on any atom is -0.497 e. The molecule has 19 heavy (non-hydrogen) atoms. The summed E-state index contributed by atoms with van der Waals surface area (Å²) in [5, 5.41) is 9.41. The second kappa shape index (κ2) is 5.79. The Morgan fingerprint density at radius 2 is 2.11 bits per heavy atom. The highest BCUT2D eigenvalue weighted by atomic mass is 32.2. The van der Waals surface area contributed by atoms with Gasteiger partial charge in [0.2, 0.25) is 0 Å². The summed E-state index contributed by atoms with van der Waals surface area (Å²) in [6, 6.07) is 7.55. The third-order valence-electron chi connectivity index (χ3n) is 2.56. The number of carbonyl (C=O) groups is 1. The van der Waals surface area contributed by atoms with Gasteiger partial charge in [0, 0.05) is 17.6 Å². The number of carboxylic acid groups (broad SMARTS) is 1. The van der Waals surface area contributed by atoms with Crippen LogP contribution in [0, 0.1) is 6.92 Å². The molecule has 5 nitrogen and oxygen atoms in total. The summed E-state index contributed by atoms with van der Waals surface area (Å²) in [6.45, 7) is 1.93. The van der Waals surface area contributed by atoms with E-state index in [-0.39, 0.29) is 5.75 Å². The third-order valence-corrected chi connectivity index (χ3v) is 3.50. The Labute approximate surface area is 115 Å². The van der Waals surface area contributed by atoms with Gasteiger partial charge in [0.15, 0.2) is 5.16 Å². The molecule has 0 amide bonds. The Balaban J connectivity index is 2.31. The van der Waals surface area contributed by atoms with Crippen molar-refractivity contribution in [3.63, 3.8) is 0 Å². The van der Waals surface area contributed by atoms with Crippen LogP contribution in [0.15, 0.2) is 35.6 Å². The highest BCUT2D eigenvalue weighted by Gasteiger charge is 2.11. The average Bonchev–Trinajstić information content (AvgIpc) is 2.78. The topological polar surface area (TPSA) is 64.4 Å². The molecule has 1 aromatic carbocycles. The summed E-state index contributed by atoms with van der Waals surface area (Å²) in [5.41, 5.74) is 1.89. The van der Waals surface area contributed by atoms with E-state index >= 15 is 0 Å². The fraction of sp³-hybridized carbons (Fsp3) is 0.231. The molecule has 0 aliphatic heterocycles. The maximum atomic E-state index is 10.6. The van der Waals surface area contributed by atoms with Crippen molar-refractivity contribution in [1.82, 2.24) is 9.55 Å². The predicted molar refractivity (Wildman–Crippen MR) is 73.2 cm³/mol. The van der Waals surface area contributed by atoms with Crippen molar-refractivity contribution in [1.29, 1.82) is 0 Å². The fourth-order valence-electron chi connectivity index (χ4n) is 1.69. The Morgan fingerprint density at radius 3 is 2.68 bits per heavy atom. The first-order valence-electron chi connectivity index (χ1n) is 5.65. The summed E-state index contributed by atoms with van der Waals surface area (Å²) in [5.74, 6) is -0.0831. The Morgan fingerprint density at radius 1 is 1.42 bits per heavy atom. The molecule has 0 saturated carbocycles. The molecule has 0 atom stereocenters. The monoisotopic (exact) mass is 278 g/mol. The lowest BCUT2D eigenvalue weighted by Crippen LogP contribution is -2.02. The number of benzene rings is 1. The average molecular weight is 278 g/mol. The van der Waals surface area contributed by atoms with Crippen LogP contribution in [0.1, 0.15) is 5.69 Å². The minimum absolute atomic E-state index is 0.00733. The van der Waals surface area contributed by atoms with E-state index in [0.717, 1.165) is 17.1 Å². The first-order chi connectivity index (χ1) is 9.11. The minimum atomic E-state index is -0.855. The molecule has 2 aromatic rings. The van der Waals surface area contributed by atoms with E-state index in [1.165, 1.54) is 11.8 Å². The number of methoxy groups -OCH3 is 1. The number of rotatable bonds is 5. The molecule has 2 rings (SSSR count). The molecule has 1 heterocycles. The van der Waals surface area contributed by atoms with Crippen molar-refractivity contribution >= 4 is 17.7 Å². The SMILES string of the molecule is COc1ccc(-n2c(C)cnc2SCC(=O)O)cc1. The van der Waals surface area contributed by atoms with E-state index in [1.54, 1.807) is 13.3 Å². The number of hydrogen-bond acceptors (Lipinski definition) is 4. The molecule has 0 unspecified atom stereocenters. The van der Waals surface area contributed by atoms with E-state index in [0.29, 0.717) is 5.16 Å². The zero-order valence-corrected chi connectivity index (χ0v) is 11.5. The van der Waals surface area contributed by atoms with Crippen molar-refractivity contribution in [2.45, 2.75) is 12.1 Å². The van der Waals surface area contributed by atoms with Crippen molar-refractivity contribution in [2.75, 3.05) is 12.9 Å². The number of hydrogen-bond donors (Lipinski definition) is 1. The summed E-state index contributed by atoms with van der Waals surface area (Å²) in [6.07, 6.45) is 1.73. The van der Waals surface area contributed by atoms with E-state index in [1.807, 2.05) is 35.8 Å². The number of carboxylic acids is 1. The summed E-state index contributed by atoms with van der Waals surface area (Å²) in [7, 11) is 1.62. The van der Waals surface area contributed by atoms with Crippen LogP contribution in [0.2, 0.25) is 0 Å². The summed E-state index contributed by atoms with van der Waals surface area (Å²) >= 11 is 1.20. The smallest absolute Gasteiger partial charge is 0.313 e. The summed E-state index contributed by atoms with van der Waals surface area (Å²) < 4.78 is 7.04. The molecule has 1 aromatic heterocycles. The molecular formula is C13H14N2O3S. The largest absolute Gasteiger partial charge is 0.497 e. The number of thioether (sulfide) groups is 1. The number of aryl methyl sites for hydroxylation is 1. The van der Waals surface area contributed by atoms with Crippen LogP contribution in [0.4, 0.5) is 0 Å². The third kappa shape index (κ3) is 3.08. The predicted octanol–water partition coefficient (Wildman–Crippen LogP) is 2.37. The first kappa shape index (κ1) is 13.5. The highest BCUT2D eigenvalue weighted by molar-refractivity contribution is 7.99. The lowest BCUT2D eigenvalue weighted by atomic mass is 10.3. The molecule has 0 bridgehead atoms. The Hall–Kier alpha value is -1.95. The Bertz CT molecular complexity index is 578. The van der Waals surface area contributed by atoms with Gasteiger partial charge >= 0.3 is 5.97 Å². The molecule has 0 aliphatic carbocycles. The highest BCUT2D eigenvalue weighted by Crippen LogP contribution is 2.24.